The number of rotatable bonds is 9. The number of hydrogen-bond donors (Lipinski definition) is 2. The molecule has 6 heteroatoms. The lowest BCUT2D eigenvalue weighted by atomic mass is 10.00. The number of benzene rings is 3. The number of nitrogens with zero attached hydrogens (tertiary/aromatic N) is 1. The summed E-state index contributed by atoms with van der Waals surface area (Å²) in [6.07, 6.45) is 3.53. The molecule has 3 aromatic rings. The molecule has 6 nitrogen and oxygen atoms in total. The van der Waals surface area contributed by atoms with Crippen LogP contribution in [0.3, 0.4) is 0 Å². The van der Waals surface area contributed by atoms with E-state index < -0.39 is 6.10 Å². The number of carbonyl (C=O) groups is 1. The van der Waals surface area contributed by atoms with Crippen LogP contribution in [0, 0.1) is 0 Å². The van der Waals surface area contributed by atoms with Gasteiger partial charge < -0.3 is 24.8 Å². The van der Waals surface area contributed by atoms with Gasteiger partial charge in [-0.1, -0.05) is 48.5 Å². The van der Waals surface area contributed by atoms with E-state index in [1.54, 1.807) is 0 Å². The average molecular weight is 475 g/mol. The summed E-state index contributed by atoms with van der Waals surface area (Å²) in [6.45, 7) is 3.66. The summed E-state index contributed by atoms with van der Waals surface area (Å²) in [4.78, 5) is 15.2. The van der Waals surface area contributed by atoms with Crippen LogP contribution < -0.4 is 14.8 Å². The Kier molecular flexibility index (Phi) is 7.50. The third-order valence-corrected chi connectivity index (χ3v) is 6.97. The van der Waals surface area contributed by atoms with E-state index in [2.05, 4.69) is 40.5 Å². The molecule has 0 radical (unpaired) electrons. The fourth-order valence-electron chi connectivity index (χ4n) is 5.07. The van der Waals surface area contributed by atoms with E-state index in [1.165, 1.54) is 16.3 Å². The number of amides is 1. The Labute approximate surface area is 206 Å². The first-order valence-corrected chi connectivity index (χ1v) is 12.7. The molecule has 1 fully saturated rings. The van der Waals surface area contributed by atoms with Crippen LogP contribution >= 0.6 is 0 Å². The Bertz CT molecular complexity index is 1160. The molecule has 0 aliphatic carbocycles. The van der Waals surface area contributed by atoms with Crippen LogP contribution in [0.1, 0.15) is 42.9 Å². The van der Waals surface area contributed by atoms with E-state index >= 15 is 0 Å². The second-order valence-electron chi connectivity index (χ2n) is 9.56. The number of carbonyl (C=O) groups excluding carboxylic acids is 1. The van der Waals surface area contributed by atoms with Crippen molar-refractivity contribution in [3.63, 3.8) is 0 Å². The van der Waals surface area contributed by atoms with Crippen molar-refractivity contribution in [3.8, 4) is 11.5 Å². The minimum Gasteiger partial charge on any atom is -0.486 e. The van der Waals surface area contributed by atoms with Crippen LogP contribution in [0.25, 0.3) is 10.8 Å². The highest BCUT2D eigenvalue weighted by Gasteiger charge is 2.27. The van der Waals surface area contributed by atoms with Gasteiger partial charge in [0.05, 0.1) is 6.04 Å². The lowest BCUT2D eigenvalue weighted by molar-refractivity contribution is -0.123. The predicted octanol–water partition coefficient (Wildman–Crippen LogP) is 4.25. The summed E-state index contributed by atoms with van der Waals surface area (Å²) in [5.74, 6) is 1.32. The number of aliphatic hydroxyl groups excluding tert-OH is 1. The van der Waals surface area contributed by atoms with Gasteiger partial charge in [-0.2, -0.15) is 0 Å². The van der Waals surface area contributed by atoms with Gasteiger partial charge in [0.15, 0.2) is 11.5 Å². The minimum atomic E-state index is -0.823. The zero-order valence-corrected chi connectivity index (χ0v) is 20.1. The Hall–Kier alpha value is -3.09. The molecule has 2 aliphatic heterocycles. The van der Waals surface area contributed by atoms with E-state index in [0.717, 1.165) is 44.3 Å². The number of likely N-dealkylation sites (tertiary alicyclic amines) is 1. The zero-order chi connectivity index (χ0) is 24.0. The van der Waals surface area contributed by atoms with Crippen LogP contribution in [0.2, 0.25) is 0 Å². The highest BCUT2D eigenvalue weighted by atomic mass is 16.6. The zero-order valence-electron chi connectivity index (χ0n) is 20.1. The van der Waals surface area contributed by atoms with Gasteiger partial charge >= 0.3 is 0 Å². The highest BCUT2D eigenvalue weighted by Crippen LogP contribution is 2.33. The summed E-state index contributed by atoms with van der Waals surface area (Å²) >= 11 is 0. The molecule has 0 saturated carbocycles. The van der Waals surface area contributed by atoms with Crippen molar-refractivity contribution in [3.05, 3.63) is 71.8 Å². The van der Waals surface area contributed by atoms with Gasteiger partial charge in [0.1, 0.15) is 19.3 Å². The quantitative estimate of drug-likeness (QED) is 0.485. The first-order chi connectivity index (χ1) is 17.2. The maximum atomic E-state index is 12.9. The SMILES string of the molecule is O=C(CCCc1ccc2ccccc2c1)N[C@H](CN1CCCC1)[C@@H](O)c1ccc2c(c1)OCCO2. The molecule has 0 spiro atoms. The van der Waals surface area contributed by atoms with Gasteiger partial charge in [-0.25, -0.2) is 0 Å². The molecule has 2 heterocycles. The van der Waals surface area contributed by atoms with Crippen LogP contribution in [0.4, 0.5) is 0 Å². The normalized spacial score (nSPS) is 17.3. The van der Waals surface area contributed by atoms with E-state index in [1.807, 2.05) is 30.3 Å². The molecule has 3 aromatic carbocycles. The van der Waals surface area contributed by atoms with Crippen LogP contribution in [-0.4, -0.2) is 54.8 Å². The van der Waals surface area contributed by atoms with Gasteiger partial charge in [0, 0.05) is 13.0 Å². The van der Waals surface area contributed by atoms with Crippen LogP contribution in [-0.2, 0) is 11.2 Å². The summed E-state index contributed by atoms with van der Waals surface area (Å²) in [5, 5.41) is 16.8. The largest absolute Gasteiger partial charge is 0.486 e. The Morgan fingerprint density at radius 2 is 1.71 bits per heavy atom. The molecule has 0 aromatic heterocycles. The summed E-state index contributed by atoms with van der Waals surface area (Å²) in [6, 6.07) is 20.0. The van der Waals surface area contributed by atoms with Crippen LogP contribution in [0.15, 0.2) is 60.7 Å². The maximum absolute atomic E-state index is 12.9. The molecule has 1 saturated heterocycles. The summed E-state index contributed by atoms with van der Waals surface area (Å²) in [5.41, 5.74) is 1.97. The molecule has 2 atom stereocenters. The summed E-state index contributed by atoms with van der Waals surface area (Å²) in [7, 11) is 0. The Balaban J connectivity index is 1.21. The van der Waals surface area contributed by atoms with Crippen molar-refractivity contribution in [1.82, 2.24) is 10.2 Å². The molecule has 0 unspecified atom stereocenters. The second-order valence-corrected chi connectivity index (χ2v) is 9.56. The molecule has 2 N–H and O–H groups in total. The molecule has 5 rings (SSSR count). The van der Waals surface area contributed by atoms with Crippen LogP contribution in [0.5, 0.6) is 11.5 Å². The van der Waals surface area contributed by atoms with Crippen molar-refractivity contribution < 1.29 is 19.4 Å². The number of fused-ring (bicyclic) bond motifs is 2. The third-order valence-electron chi connectivity index (χ3n) is 6.97. The third kappa shape index (κ3) is 5.95. The number of aliphatic hydroxyl groups is 1. The molecular weight excluding hydrogens is 440 g/mol. The number of aryl methyl sites for hydroxylation is 1. The number of ether oxygens (including phenoxy) is 2. The highest BCUT2D eigenvalue weighted by molar-refractivity contribution is 5.83. The van der Waals surface area contributed by atoms with E-state index in [9.17, 15) is 9.90 Å². The van der Waals surface area contributed by atoms with Crippen molar-refractivity contribution >= 4 is 16.7 Å². The van der Waals surface area contributed by atoms with Crippen molar-refractivity contribution in [2.24, 2.45) is 0 Å². The Morgan fingerprint density at radius 3 is 2.54 bits per heavy atom. The Morgan fingerprint density at radius 1 is 0.943 bits per heavy atom. The van der Waals surface area contributed by atoms with E-state index in [4.69, 9.17) is 9.47 Å². The topological polar surface area (TPSA) is 71.0 Å². The number of hydrogen-bond acceptors (Lipinski definition) is 5. The first kappa shape index (κ1) is 23.6. The maximum Gasteiger partial charge on any atom is 0.220 e. The lowest BCUT2D eigenvalue weighted by Crippen LogP contribution is -2.46. The fraction of sp³-hybridized carbons (Fsp3) is 0.414. The monoisotopic (exact) mass is 474 g/mol. The predicted molar refractivity (Wildman–Crippen MR) is 137 cm³/mol. The van der Waals surface area contributed by atoms with Gasteiger partial charge in [0.25, 0.3) is 0 Å². The van der Waals surface area contributed by atoms with Gasteiger partial charge in [0.2, 0.25) is 5.91 Å². The van der Waals surface area contributed by atoms with E-state index in [0.29, 0.717) is 37.7 Å². The molecule has 1 amide bonds. The second kappa shape index (κ2) is 11.1. The molecule has 0 bridgehead atoms. The summed E-state index contributed by atoms with van der Waals surface area (Å²) < 4.78 is 11.3. The van der Waals surface area contributed by atoms with Gasteiger partial charge in [-0.3, -0.25) is 4.79 Å². The average Bonchev–Trinajstić information content (AvgIpc) is 3.41. The first-order valence-electron chi connectivity index (χ1n) is 12.7. The molecule has 35 heavy (non-hydrogen) atoms. The lowest BCUT2D eigenvalue weighted by Gasteiger charge is -2.29. The van der Waals surface area contributed by atoms with E-state index in [-0.39, 0.29) is 11.9 Å². The smallest absolute Gasteiger partial charge is 0.220 e. The number of nitrogens with one attached hydrogen (secondary N) is 1. The van der Waals surface area contributed by atoms with Crippen molar-refractivity contribution in [1.29, 1.82) is 0 Å². The van der Waals surface area contributed by atoms with Crippen molar-refractivity contribution in [2.45, 2.75) is 44.2 Å². The standard InChI is InChI=1S/C29H34N2O4/c32-28(9-5-6-21-10-11-22-7-1-2-8-23(22)18-21)30-25(20-31-14-3-4-15-31)29(33)24-12-13-26-27(19-24)35-17-16-34-26/h1-2,7-8,10-13,18-19,25,29,33H,3-6,9,14-17,20H2,(H,30,32)/t25-,29+/m1/s1. The van der Waals surface area contributed by atoms with Gasteiger partial charge in [-0.05, 0) is 72.8 Å². The van der Waals surface area contributed by atoms with Gasteiger partial charge in [-0.15, -0.1) is 0 Å². The molecular formula is C29H34N2O4. The van der Waals surface area contributed by atoms with Crippen molar-refractivity contribution in [2.75, 3.05) is 32.8 Å². The molecule has 184 valence electrons. The molecule has 2 aliphatic rings. The minimum absolute atomic E-state index is 0.0217. The fourth-order valence-corrected chi connectivity index (χ4v) is 5.07.